The zero-order valence-electron chi connectivity index (χ0n) is 11.6. The van der Waals surface area contributed by atoms with Crippen molar-refractivity contribution in [2.75, 3.05) is 0 Å². The standard InChI is InChI=1S/C13H17ClN2O4/c1-13(2,3)12(14)7-5-9-4-6-10(15(17)18)8-11(9)16(19)20/h4,6,8,12H,5,7H2,1-3H3. The summed E-state index contributed by atoms with van der Waals surface area (Å²) in [7, 11) is 0. The highest BCUT2D eigenvalue weighted by molar-refractivity contribution is 6.21. The number of non-ortho nitro benzene ring substituents is 1. The molecular weight excluding hydrogens is 284 g/mol. The molecule has 0 amide bonds. The van der Waals surface area contributed by atoms with Crippen LogP contribution in [0.25, 0.3) is 0 Å². The molecule has 20 heavy (non-hydrogen) atoms. The van der Waals surface area contributed by atoms with Gasteiger partial charge in [-0.1, -0.05) is 20.8 Å². The molecule has 0 aliphatic heterocycles. The minimum absolute atomic E-state index is 0.100. The highest BCUT2D eigenvalue weighted by Gasteiger charge is 2.24. The minimum atomic E-state index is -0.643. The number of nitrogens with zero attached hydrogens (tertiary/aromatic N) is 2. The number of benzene rings is 1. The third-order valence-corrected chi connectivity index (χ3v) is 3.96. The number of nitro benzene ring substituents is 2. The van der Waals surface area contributed by atoms with Crippen molar-refractivity contribution in [2.24, 2.45) is 5.41 Å². The number of rotatable bonds is 5. The Morgan fingerprint density at radius 1 is 1.20 bits per heavy atom. The Balaban J connectivity index is 2.95. The summed E-state index contributed by atoms with van der Waals surface area (Å²) in [5.41, 5.74) is -0.136. The SMILES string of the molecule is CC(C)(C)C(Cl)CCc1ccc([N+](=O)[O-])cc1[N+](=O)[O-]. The fourth-order valence-electron chi connectivity index (χ4n) is 1.76. The Bertz CT molecular complexity index is 526. The van der Waals surface area contributed by atoms with Crippen LogP contribution in [-0.2, 0) is 6.42 Å². The van der Waals surface area contributed by atoms with Crippen LogP contribution in [0.15, 0.2) is 18.2 Å². The predicted molar refractivity (Wildman–Crippen MR) is 77.2 cm³/mol. The average molecular weight is 301 g/mol. The molecule has 1 atom stereocenters. The van der Waals surface area contributed by atoms with E-state index in [1.165, 1.54) is 12.1 Å². The summed E-state index contributed by atoms with van der Waals surface area (Å²) in [5, 5.41) is 21.5. The maximum absolute atomic E-state index is 11.0. The molecule has 110 valence electrons. The second-order valence-electron chi connectivity index (χ2n) is 5.70. The van der Waals surface area contributed by atoms with Crippen molar-refractivity contribution in [2.45, 2.75) is 39.0 Å². The van der Waals surface area contributed by atoms with E-state index < -0.39 is 9.85 Å². The van der Waals surface area contributed by atoms with Crippen molar-refractivity contribution in [3.8, 4) is 0 Å². The van der Waals surface area contributed by atoms with Gasteiger partial charge in [0.2, 0.25) is 0 Å². The van der Waals surface area contributed by atoms with Gasteiger partial charge in [-0.05, 0) is 24.3 Å². The van der Waals surface area contributed by atoms with E-state index in [4.69, 9.17) is 11.6 Å². The van der Waals surface area contributed by atoms with E-state index in [9.17, 15) is 20.2 Å². The fourth-order valence-corrected chi connectivity index (χ4v) is 1.87. The van der Waals surface area contributed by atoms with Crippen LogP contribution in [0, 0.1) is 25.6 Å². The van der Waals surface area contributed by atoms with E-state index in [1.54, 1.807) is 0 Å². The normalized spacial score (nSPS) is 13.0. The number of aryl methyl sites for hydroxylation is 1. The molecule has 0 fully saturated rings. The molecule has 0 aliphatic rings. The van der Waals surface area contributed by atoms with Gasteiger partial charge >= 0.3 is 0 Å². The van der Waals surface area contributed by atoms with Gasteiger partial charge in [-0.3, -0.25) is 20.2 Å². The van der Waals surface area contributed by atoms with Crippen molar-refractivity contribution >= 4 is 23.0 Å². The lowest BCUT2D eigenvalue weighted by Crippen LogP contribution is -2.21. The van der Waals surface area contributed by atoms with Crippen LogP contribution in [0.2, 0.25) is 0 Å². The first-order valence-electron chi connectivity index (χ1n) is 6.18. The number of hydrogen-bond acceptors (Lipinski definition) is 4. The van der Waals surface area contributed by atoms with Gasteiger partial charge in [0.05, 0.1) is 15.9 Å². The van der Waals surface area contributed by atoms with Gasteiger partial charge in [-0.25, -0.2) is 0 Å². The summed E-state index contributed by atoms with van der Waals surface area (Å²) in [6.07, 6.45) is 0.990. The minimum Gasteiger partial charge on any atom is -0.258 e. The number of halogens is 1. The van der Waals surface area contributed by atoms with E-state index >= 15 is 0 Å². The molecule has 0 spiro atoms. The molecular formula is C13H17ClN2O4. The zero-order valence-corrected chi connectivity index (χ0v) is 12.4. The van der Waals surface area contributed by atoms with E-state index in [-0.39, 0.29) is 22.2 Å². The first-order chi connectivity index (χ1) is 9.12. The molecule has 6 nitrogen and oxygen atoms in total. The third-order valence-electron chi connectivity index (χ3n) is 3.08. The van der Waals surface area contributed by atoms with Gasteiger partial charge in [0.15, 0.2) is 0 Å². The van der Waals surface area contributed by atoms with E-state index in [1.807, 2.05) is 20.8 Å². The largest absolute Gasteiger partial charge is 0.279 e. The molecule has 0 aliphatic carbocycles. The van der Waals surface area contributed by atoms with Crippen LogP contribution >= 0.6 is 11.6 Å². The molecule has 1 unspecified atom stereocenters. The Labute approximate surface area is 122 Å². The smallest absolute Gasteiger partial charge is 0.258 e. The molecule has 1 aromatic carbocycles. The summed E-state index contributed by atoms with van der Waals surface area (Å²) in [4.78, 5) is 20.4. The first-order valence-corrected chi connectivity index (χ1v) is 6.62. The second-order valence-corrected chi connectivity index (χ2v) is 6.23. The van der Waals surface area contributed by atoms with Gasteiger partial charge in [0.25, 0.3) is 11.4 Å². The second kappa shape index (κ2) is 6.17. The maximum Gasteiger partial charge on any atom is 0.279 e. The molecule has 0 saturated carbocycles. The number of hydrogen-bond donors (Lipinski definition) is 0. The quantitative estimate of drug-likeness (QED) is 0.465. The molecule has 0 N–H and O–H groups in total. The lowest BCUT2D eigenvalue weighted by molar-refractivity contribution is -0.394. The molecule has 1 rings (SSSR count). The van der Waals surface area contributed by atoms with E-state index in [0.717, 1.165) is 6.07 Å². The number of nitro groups is 2. The van der Waals surface area contributed by atoms with E-state index in [0.29, 0.717) is 18.4 Å². The zero-order chi connectivity index (χ0) is 15.5. The van der Waals surface area contributed by atoms with Gasteiger partial charge in [0.1, 0.15) is 0 Å². The van der Waals surface area contributed by atoms with Crippen LogP contribution < -0.4 is 0 Å². The lowest BCUT2D eigenvalue weighted by atomic mass is 9.88. The molecule has 1 aromatic rings. The van der Waals surface area contributed by atoms with Gasteiger partial charge in [-0.15, -0.1) is 11.6 Å². The Morgan fingerprint density at radius 3 is 2.25 bits per heavy atom. The number of alkyl halides is 1. The summed E-state index contributed by atoms with van der Waals surface area (Å²) >= 11 is 6.24. The fraction of sp³-hybridized carbons (Fsp3) is 0.538. The molecule has 0 saturated heterocycles. The van der Waals surface area contributed by atoms with Gasteiger partial charge in [-0.2, -0.15) is 0 Å². The van der Waals surface area contributed by atoms with Crippen molar-refractivity contribution in [1.82, 2.24) is 0 Å². The monoisotopic (exact) mass is 300 g/mol. The molecule has 0 bridgehead atoms. The Hall–Kier alpha value is -1.69. The summed E-state index contributed by atoms with van der Waals surface area (Å²) in [6, 6.07) is 3.71. The first kappa shape index (κ1) is 16.4. The maximum atomic E-state index is 11.0. The molecule has 0 radical (unpaired) electrons. The predicted octanol–water partition coefficient (Wildman–Crippen LogP) is 4.09. The summed E-state index contributed by atoms with van der Waals surface area (Å²) in [6.45, 7) is 5.98. The van der Waals surface area contributed by atoms with Crippen LogP contribution in [0.4, 0.5) is 11.4 Å². The molecule has 7 heteroatoms. The highest BCUT2D eigenvalue weighted by atomic mass is 35.5. The topological polar surface area (TPSA) is 86.3 Å². The molecule has 0 aromatic heterocycles. The Morgan fingerprint density at radius 2 is 1.80 bits per heavy atom. The van der Waals surface area contributed by atoms with Crippen LogP contribution in [0.5, 0.6) is 0 Å². The summed E-state index contributed by atoms with van der Waals surface area (Å²) in [5.74, 6) is 0. The lowest BCUT2D eigenvalue weighted by Gasteiger charge is -2.24. The van der Waals surface area contributed by atoms with Crippen LogP contribution in [0.3, 0.4) is 0 Å². The van der Waals surface area contributed by atoms with Crippen molar-refractivity contribution in [3.63, 3.8) is 0 Å². The van der Waals surface area contributed by atoms with Gasteiger partial charge in [0, 0.05) is 17.0 Å². The van der Waals surface area contributed by atoms with Crippen molar-refractivity contribution in [1.29, 1.82) is 0 Å². The Kier molecular flexibility index (Phi) is 5.05. The third kappa shape index (κ3) is 4.16. The average Bonchev–Trinajstić information content (AvgIpc) is 2.34. The van der Waals surface area contributed by atoms with Crippen molar-refractivity contribution < 1.29 is 9.85 Å². The highest BCUT2D eigenvalue weighted by Crippen LogP contribution is 2.31. The summed E-state index contributed by atoms with van der Waals surface area (Å²) < 4.78 is 0. The van der Waals surface area contributed by atoms with E-state index in [2.05, 4.69) is 0 Å². The van der Waals surface area contributed by atoms with Gasteiger partial charge < -0.3 is 0 Å². The van der Waals surface area contributed by atoms with Crippen LogP contribution in [-0.4, -0.2) is 15.2 Å². The molecule has 0 heterocycles. The van der Waals surface area contributed by atoms with Crippen LogP contribution in [0.1, 0.15) is 32.8 Å². The van der Waals surface area contributed by atoms with Crippen molar-refractivity contribution in [3.05, 3.63) is 44.0 Å².